The van der Waals surface area contributed by atoms with Gasteiger partial charge in [-0.05, 0) is 47.5 Å². The predicted octanol–water partition coefficient (Wildman–Crippen LogP) is 5.58. The summed E-state index contributed by atoms with van der Waals surface area (Å²) in [6.45, 7) is 1.05. The topological polar surface area (TPSA) is 42.7 Å². The van der Waals surface area contributed by atoms with Gasteiger partial charge in [0.1, 0.15) is 11.3 Å². The van der Waals surface area contributed by atoms with Gasteiger partial charge < -0.3 is 14.1 Å². The number of nitrogens with zero attached hydrogens (tertiary/aromatic N) is 1. The molecule has 1 aliphatic heterocycles. The van der Waals surface area contributed by atoms with Gasteiger partial charge >= 0.3 is 5.63 Å². The van der Waals surface area contributed by atoms with Gasteiger partial charge in [-0.15, -0.1) is 0 Å². The molecular formula is C23H16BrNO3. The summed E-state index contributed by atoms with van der Waals surface area (Å²) in [7, 11) is 0. The Bertz CT molecular complexity index is 1220. The second-order valence-electron chi connectivity index (χ2n) is 6.71. The zero-order chi connectivity index (χ0) is 19.1. The van der Waals surface area contributed by atoms with Gasteiger partial charge in [-0.3, -0.25) is 0 Å². The minimum absolute atomic E-state index is 0.361. The number of benzene rings is 3. The highest BCUT2D eigenvalue weighted by Gasteiger charge is 2.23. The van der Waals surface area contributed by atoms with Crippen molar-refractivity contribution < 1.29 is 9.15 Å². The van der Waals surface area contributed by atoms with Crippen LogP contribution >= 0.6 is 15.9 Å². The van der Waals surface area contributed by atoms with Gasteiger partial charge in [0.05, 0.1) is 12.1 Å². The smallest absolute Gasteiger partial charge is 0.336 e. The molecule has 0 N–H and O–H groups in total. The first kappa shape index (κ1) is 17.1. The molecule has 0 bridgehead atoms. The van der Waals surface area contributed by atoms with E-state index in [1.807, 2.05) is 66.7 Å². The predicted molar refractivity (Wildman–Crippen MR) is 114 cm³/mol. The maximum atomic E-state index is 12.3. The van der Waals surface area contributed by atoms with E-state index in [0.29, 0.717) is 18.9 Å². The Kier molecular flexibility index (Phi) is 4.17. The van der Waals surface area contributed by atoms with Gasteiger partial charge in [0, 0.05) is 21.6 Å². The fourth-order valence-corrected chi connectivity index (χ4v) is 3.87. The van der Waals surface area contributed by atoms with Gasteiger partial charge in [0.2, 0.25) is 0 Å². The van der Waals surface area contributed by atoms with Crippen molar-refractivity contribution in [2.45, 2.75) is 6.54 Å². The molecule has 0 aliphatic carbocycles. The van der Waals surface area contributed by atoms with Crippen molar-refractivity contribution in [2.75, 3.05) is 11.6 Å². The zero-order valence-electron chi connectivity index (χ0n) is 14.9. The summed E-state index contributed by atoms with van der Waals surface area (Å²) in [4.78, 5) is 14.4. The van der Waals surface area contributed by atoms with E-state index in [0.717, 1.165) is 38.0 Å². The summed E-state index contributed by atoms with van der Waals surface area (Å²) in [5.41, 5.74) is 4.03. The molecular weight excluding hydrogens is 418 g/mol. The number of anilines is 1. The number of hydrogen-bond acceptors (Lipinski definition) is 4. The summed E-state index contributed by atoms with van der Waals surface area (Å²) in [6.07, 6.45) is 0. The monoisotopic (exact) mass is 433 g/mol. The highest BCUT2D eigenvalue weighted by atomic mass is 79.9. The van der Waals surface area contributed by atoms with Gasteiger partial charge in [-0.25, -0.2) is 4.79 Å². The first-order valence-corrected chi connectivity index (χ1v) is 9.77. The van der Waals surface area contributed by atoms with Crippen LogP contribution in [0.2, 0.25) is 0 Å². The average molecular weight is 434 g/mol. The van der Waals surface area contributed by atoms with E-state index in [4.69, 9.17) is 9.15 Å². The molecule has 4 nitrogen and oxygen atoms in total. The standard InChI is InChI=1S/C23H16BrNO3/c24-16-6-8-17(9-7-16)25-13-20-21(27-14-25)11-10-18-19(12-22(26)28-23(18)20)15-4-2-1-3-5-15/h1-12H,13-14H2. The number of rotatable bonds is 2. The largest absolute Gasteiger partial charge is 0.473 e. The first-order chi connectivity index (χ1) is 13.7. The lowest BCUT2D eigenvalue weighted by Gasteiger charge is -2.31. The number of halogens is 1. The van der Waals surface area contributed by atoms with Crippen molar-refractivity contribution in [3.8, 4) is 16.9 Å². The molecule has 4 aromatic rings. The lowest BCUT2D eigenvalue weighted by Crippen LogP contribution is -2.32. The summed E-state index contributed by atoms with van der Waals surface area (Å²) in [5.74, 6) is 0.759. The summed E-state index contributed by atoms with van der Waals surface area (Å²) in [6, 6.07) is 23.4. The molecule has 1 aliphatic rings. The Hall–Kier alpha value is -3.05. The van der Waals surface area contributed by atoms with Crippen molar-refractivity contribution >= 4 is 32.6 Å². The molecule has 0 radical (unpaired) electrons. The third kappa shape index (κ3) is 2.98. The number of ether oxygens (including phenoxy) is 1. The van der Waals surface area contributed by atoms with Gasteiger partial charge in [0.15, 0.2) is 6.73 Å². The Morgan fingerprint density at radius 3 is 2.50 bits per heavy atom. The van der Waals surface area contributed by atoms with Crippen molar-refractivity contribution in [2.24, 2.45) is 0 Å². The highest BCUT2D eigenvalue weighted by molar-refractivity contribution is 9.10. The van der Waals surface area contributed by atoms with Gasteiger partial charge in [-0.2, -0.15) is 0 Å². The molecule has 0 amide bonds. The Balaban J connectivity index is 1.66. The molecule has 0 unspecified atom stereocenters. The fourth-order valence-electron chi connectivity index (χ4n) is 3.61. The molecule has 0 atom stereocenters. The molecule has 5 heteroatoms. The number of hydrogen-bond donors (Lipinski definition) is 0. The molecule has 1 aromatic heterocycles. The van der Waals surface area contributed by atoms with E-state index in [2.05, 4.69) is 20.8 Å². The SMILES string of the molecule is O=c1cc(-c2ccccc2)c2ccc3c(c2o1)CN(c1ccc(Br)cc1)CO3. The molecule has 0 saturated carbocycles. The fraction of sp³-hybridized carbons (Fsp3) is 0.0870. The van der Waals surface area contributed by atoms with Crippen LogP contribution in [0.4, 0.5) is 5.69 Å². The van der Waals surface area contributed by atoms with Crippen LogP contribution < -0.4 is 15.3 Å². The second kappa shape index (κ2) is 6.84. The Labute approximate surface area is 170 Å². The lowest BCUT2D eigenvalue weighted by molar-refractivity contribution is 0.289. The molecule has 5 rings (SSSR count). The third-order valence-electron chi connectivity index (χ3n) is 4.97. The van der Waals surface area contributed by atoms with Gasteiger partial charge in [0.25, 0.3) is 0 Å². The van der Waals surface area contributed by atoms with Crippen LogP contribution in [0.25, 0.3) is 22.1 Å². The molecule has 2 heterocycles. The zero-order valence-corrected chi connectivity index (χ0v) is 16.5. The van der Waals surface area contributed by atoms with Crippen LogP contribution in [0.5, 0.6) is 5.75 Å². The van der Waals surface area contributed by atoms with Crippen molar-refractivity contribution in [1.29, 1.82) is 0 Å². The number of fused-ring (bicyclic) bond motifs is 3. The molecule has 28 heavy (non-hydrogen) atoms. The van der Waals surface area contributed by atoms with Crippen LogP contribution in [-0.2, 0) is 6.54 Å². The summed E-state index contributed by atoms with van der Waals surface area (Å²) in [5, 5.41) is 0.908. The highest BCUT2D eigenvalue weighted by Crippen LogP contribution is 2.37. The van der Waals surface area contributed by atoms with Crippen molar-refractivity contribution in [3.63, 3.8) is 0 Å². The van der Waals surface area contributed by atoms with Crippen LogP contribution in [0, 0.1) is 0 Å². The third-order valence-corrected chi connectivity index (χ3v) is 5.50. The average Bonchev–Trinajstić information content (AvgIpc) is 2.74. The normalized spacial score (nSPS) is 13.2. The van der Waals surface area contributed by atoms with E-state index >= 15 is 0 Å². The maximum absolute atomic E-state index is 12.3. The van der Waals surface area contributed by atoms with Crippen LogP contribution in [0.15, 0.2) is 86.5 Å². The molecule has 0 saturated heterocycles. The molecule has 3 aromatic carbocycles. The minimum atomic E-state index is -0.361. The quantitative estimate of drug-likeness (QED) is 0.387. The van der Waals surface area contributed by atoms with E-state index < -0.39 is 0 Å². The van der Waals surface area contributed by atoms with Gasteiger partial charge in [-0.1, -0.05) is 46.3 Å². The maximum Gasteiger partial charge on any atom is 0.336 e. The molecule has 0 spiro atoms. The first-order valence-electron chi connectivity index (χ1n) is 8.97. The van der Waals surface area contributed by atoms with E-state index in [1.165, 1.54) is 0 Å². The van der Waals surface area contributed by atoms with Crippen LogP contribution in [-0.4, -0.2) is 6.73 Å². The van der Waals surface area contributed by atoms with Crippen LogP contribution in [0.1, 0.15) is 5.56 Å². The van der Waals surface area contributed by atoms with Crippen molar-refractivity contribution in [3.05, 3.63) is 93.3 Å². The Morgan fingerprint density at radius 2 is 1.71 bits per heavy atom. The summed E-state index contributed by atoms with van der Waals surface area (Å²) < 4.78 is 12.6. The minimum Gasteiger partial charge on any atom is -0.473 e. The van der Waals surface area contributed by atoms with Crippen LogP contribution in [0.3, 0.4) is 0 Å². The Morgan fingerprint density at radius 1 is 0.929 bits per heavy atom. The summed E-state index contributed by atoms with van der Waals surface area (Å²) >= 11 is 3.47. The van der Waals surface area contributed by atoms with E-state index in [-0.39, 0.29) is 5.63 Å². The van der Waals surface area contributed by atoms with E-state index in [1.54, 1.807) is 6.07 Å². The van der Waals surface area contributed by atoms with E-state index in [9.17, 15) is 4.79 Å². The van der Waals surface area contributed by atoms with Crippen molar-refractivity contribution in [1.82, 2.24) is 0 Å². The second-order valence-corrected chi connectivity index (χ2v) is 7.63. The molecule has 138 valence electrons. The lowest BCUT2D eigenvalue weighted by atomic mass is 9.99. The molecule has 0 fully saturated rings.